The van der Waals surface area contributed by atoms with Crippen LogP contribution < -0.4 is 5.32 Å². The van der Waals surface area contributed by atoms with E-state index in [0.29, 0.717) is 21.4 Å². The number of rotatable bonds is 4. The summed E-state index contributed by atoms with van der Waals surface area (Å²) in [6.45, 7) is 0.897. The van der Waals surface area contributed by atoms with Crippen molar-refractivity contribution in [1.29, 1.82) is 0 Å². The highest BCUT2D eigenvalue weighted by Gasteiger charge is 2.29. The van der Waals surface area contributed by atoms with E-state index in [-0.39, 0.29) is 5.91 Å². The first-order valence-corrected chi connectivity index (χ1v) is 13.4. The molecule has 0 radical (unpaired) electrons. The van der Waals surface area contributed by atoms with Crippen molar-refractivity contribution in [1.82, 2.24) is 8.97 Å². The van der Waals surface area contributed by atoms with Gasteiger partial charge in [0, 0.05) is 44.1 Å². The summed E-state index contributed by atoms with van der Waals surface area (Å²) >= 11 is 15.9. The number of hydrogen-bond donors (Lipinski definition) is 1. The Morgan fingerprint density at radius 1 is 0.889 bits per heavy atom. The van der Waals surface area contributed by atoms with Crippen LogP contribution in [-0.4, -0.2) is 14.9 Å². The minimum atomic E-state index is -0.177. The van der Waals surface area contributed by atoms with Gasteiger partial charge in [-0.05, 0) is 72.9 Å². The second kappa shape index (κ2) is 9.47. The molecular weight excluding hydrogens is 557 g/mol. The van der Waals surface area contributed by atoms with Gasteiger partial charge in [-0.25, -0.2) is 0 Å². The van der Waals surface area contributed by atoms with Crippen LogP contribution in [0.3, 0.4) is 0 Å². The first-order valence-electron chi connectivity index (χ1n) is 11.8. The molecule has 0 spiro atoms. The molecule has 36 heavy (non-hydrogen) atoms. The lowest BCUT2D eigenvalue weighted by molar-refractivity contribution is 0.102. The quantitative estimate of drug-likeness (QED) is 0.227. The van der Waals surface area contributed by atoms with Crippen molar-refractivity contribution in [2.75, 3.05) is 5.32 Å². The zero-order valence-corrected chi connectivity index (χ0v) is 22.4. The lowest BCUT2D eigenvalue weighted by atomic mass is 9.97. The number of imidazole rings is 1. The maximum absolute atomic E-state index is 13.9. The number of amides is 1. The Hall–Kier alpha value is -2.99. The Labute approximate surface area is 227 Å². The molecule has 6 rings (SSSR count). The van der Waals surface area contributed by atoms with Gasteiger partial charge in [-0.1, -0.05) is 69.5 Å². The number of carbonyl (C=O) groups excluding carboxylic acids is 1. The molecule has 180 valence electrons. The van der Waals surface area contributed by atoms with Gasteiger partial charge in [0.25, 0.3) is 5.91 Å². The molecule has 4 nitrogen and oxygen atoms in total. The number of nitrogens with zero attached hydrogens (tertiary/aromatic N) is 2. The summed E-state index contributed by atoms with van der Waals surface area (Å²) in [7, 11) is 0. The van der Waals surface area contributed by atoms with E-state index in [1.54, 1.807) is 12.1 Å². The molecule has 1 aliphatic heterocycles. The second-order valence-corrected chi connectivity index (χ2v) is 10.8. The summed E-state index contributed by atoms with van der Waals surface area (Å²) in [5.41, 5.74) is 7.68. The average molecular weight is 579 g/mol. The van der Waals surface area contributed by atoms with Gasteiger partial charge < -0.3 is 9.88 Å². The summed E-state index contributed by atoms with van der Waals surface area (Å²) in [6, 6.07) is 23.3. The van der Waals surface area contributed by atoms with Crippen molar-refractivity contribution in [3.8, 4) is 22.4 Å². The summed E-state index contributed by atoms with van der Waals surface area (Å²) in [4.78, 5) is 13.9. The number of aryl methyl sites for hydroxylation is 2. The van der Waals surface area contributed by atoms with Gasteiger partial charge in [0.2, 0.25) is 0 Å². The third-order valence-electron chi connectivity index (χ3n) is 6.70. The first-order chi connectivity index (χ1) is 17.5. The molecule has 0 fully saturated rings. The average Bonchev–Trinajstić information content (AvgIpc) is 3.28. The van der Waals surface area contributed by atoms with Gasteiger partial charge in [-0.2, -0.15) is 0 Å². The van der Waals surface area contributed by atoms with Gasteiger partial charge in [-0.3, -0.25) is 9.20 Å². The van der Waals surface area contributed by atoms with Gasteiger partial charge in [0.1, 0.15) is 11.3 Å². The number of hydrogen-bond acceptors (Lipinski definition) is 1. The van der Waals surface area contributed by atoms with Crippen LogP contribution in [0, 0.1) is 0 Å². The third-order valence-corrected chi connectivity index (χ3v) is 7.72. The Morgan fingerprint density at radius 2 is 1.64 bits per heavy atom. The van der Waals surface area contributed by atoms with Crippen LogP contribution in [0.1, 0.15) is 28.9 Å². The van der Waals surface area contributed by atoms with Gasteiger partial charge in [-0.15, -0.1) is 0 Å². The van der Waals surface area contributed by atoms with Crippen LogP contribution in [0.25, 0.3) is 28.0 Å². The van der Waals surface area contributed by atoms with E-state index in [1.807, 2.05) is 36.4 Å². The Morgan fingerprint density at radius 3 is 2.39 bits per heavy atom. The first kappa shape index (κ1) is 23.4. The zero-order chi connectivity index (χ0) is 24.8. The van der Waals surface area contributed by atoms with Gasteiger partial charge >= 0.3 is 0 Å². The van der Waals surface area contributed by atoms with Crippen molar-refractivity contribution in [3.63, 3.8) is 0 Å². The molecule has 0 aliphatic carbocycles. The molecule has 0 saturated carbocycles. The number of anilines is 1. The second-order valence-electron chi connectivity index (χ2n) is 9.00. The summed E-state index contributed by atoms with van der Waals surface area (Å²) in [6.07, 6.45) is 5.12. The van der Waals surface area contributed by atoms with Crippen molar-refractivity contribution < 1.29 is 4.79 Å². The van der Waals surface area contributed by atoms with Crippen LogP contribution in [0.5, 0.6) is 0 Å². The molecule has 5 aromatic rings. The lowest BCUT2D eigenvalue weighted by Crippen LogP contribution is -2.15. The van der Waals surface area contributed by atoms with Crippen LogP contribution in [0.15, 0.2) is 83.5 Å². The van der Waals surface area contributed by atoms with Gasteiger partial charge in [0.05, 0.1) is 5.69 Å². The minimum Gasteiger partial charge on any atom is -0.325 e. The highest BCUT2D eigenvalue weighted by molar-refractivity contribution is 9.10. The molecule has 3 aromatic carbocycles. The SMILES string of the molecule is O=C(Nc1cccc(Cl)c1)c1c(-c2ccc(Cl)cc2)c2c3n(c(-c4ccc(Br)cc4)cn13)CCCC2. The fourth-order valence-electron chi connectivity index (χ4n) is 5.14. The summed E-state index contributed by atoms with van der Waals surface area (Å²) in [5, 5.41) is 4.32. The van der Waals surface area contributed by atoms with Crippen molar-refractivity contribution in [2.45, 2.75) is 25.8 Å². The molecule has 0 atom stereocenters. The van der Waals surface area contributed by atoms with Crippen LogP contribution in [0.2, 0.25) is 10.0 Å². The minimum absolute atomic E-state index is 0.177. The maximum Gasteiger partial charge on any atom is 0.273 e. The predicted molar refractivity (Wildman–Crippen MR) is 151 cm³/mol. The Kier molecular flexibility index (Phi) is 6.16. The van der Waals surface area contributed by atoms with Crippen LogP contribution >= 0.6 is 39.1 Å². The molecule has 3 heterocycles. The largest absolute Gasteiger partial charge is 0.325 e. The topological polar surface area (TPSA) is 38.4 Å². The monoisotopic (exact) mass is 577 g/mol. The van der Waals surface area contributed by atoms with Crippen LogP contribution in [-0.2, 0) is 13.0 Å². The fourth-order valence-corrected chi connectivity index (χ4v) is 5.72. The number of aromatic nitrogens is 2. The standard InChI is InChI=1S/C29H22BrCl2N3O/c30-20-11-7-18(8-12-20)25-17-35-27(28(36)33-23-5-3-4-22(32)16-23)26(19-9-13-21(31)14-10-19)24-6-1-2-15-34(25)29(24)35/h3-5,7-14,16-17H,1-2,6,15H2,(H,33,36). The smallest absolute Gasteiger partial charge is 0.273 e. The Bertz CT molecular complexity index is 1600. The summed E-state index contributed by atoms with van der Waals surface area (Å²) < 4.78 is 5.47. The molecule has 1 amide bonds. The van der Waals surface area contributed by atoms with E-state index in [2.05, 4.69) is 60.7 Å². The molecular formula is C29H22BrCl2N3O. The van der Waals surface area contributed by atoms with Crippen molar-refractivity contribution in [3.05, 3.63) is 105 Å². The number of benzene rings is 3. The van der Waals surface area contributed by atoms with E-state index in [4.69, 9.17) is 23.2 Å². The van der Waals surface area contributed by atoms with Crippen molar-refractivity contribution in [2.24, 2.45) is 0 Å². The van der Waals surface area contributed by atoms with E-state index in [0.717, 1.165) is 58.3 Å². The van der Waals surface area contributed by atoms with E-state index in [9.17, 15) is 4.79 Å². The highest BCUT2D eigenvalue weighted by Crippen LogP contribution is 2.40. The molecule has 1 aliphatic rings. The fraction of sp³-hybridized carbons (Fsp3) is 0.138. The predicted octanol–water partition coefficient (Wildman–Crippen LogP) is 8.73. The van der Waals surface area contributed by atoms with Crippen LogP contribution in [0.4, 0.5) is 5.69 Å². The Balaban J connectivity index is 1.61. The van der Waals surface area contributed by atoms with Crippen molar-refractivity contribution >= 4 is 56.4 Å². The van der Waals surface area contributed by atoms with E-state index in [1.165, 1.54) is 5.56 Å². The number of carbonyl (C=O) groups is 1. The number of halogens is 3. The molecule has 7 heteroatoms. The summed E-state index contributed by atoms with van der Waals surface area (Å²) in [5.74, 6) is -0.177. The molecule has 0 bridgehead atoms. The molecule has 0 unspecified atom stereocenters. The lowest BCUT2D eigenvalue weighted by Gasteiger charge is -2.10. The molecule has 2 aromatic heterocycles. The molecule has 0 saturated heterocycles. The zero-order valence-electron chi connectivity index (χ0n) is 19.3. The molecule has 1 N–H and O–H groups in total. The number of nitrogens with one attached hydrogen (secondary N) is 1. The van der Waals surface area contributed by atoms with E-state index >= 15 is 0 Å². The highest BCUT2D eigenvalue weighted by atomic mass is 79.9. The van der Waals surface area contributed by atoms with Gasteiger partial charge in [0.15, 0.2) is 0 Å². The maximum atomic E-state index is 13.9. The normalized spacial score (nSPS) is 13.1. The van der Waals surface area contributed by atoms with E-state index < -0.39 is 0 Å². The third kappa shape index (κ3) is 4.15.